The van der Waals surface area contributed by atoms with Gasteiger partial charge in [-0.2, -0.15) is 10.2 Å². The van der Waals surface area contributed by atoms with Gasteiger partial charge in [0.1, 0.15) is 6.67 Å². The van der Waals surface area contributed by atoms with E-state index in [1.54, 1.807) is 10.9 Å². The van der Waals surface area contributed by atoms with Gasteiger partial charge in [0.2, 0.25) is 0 Å². The molecule has 21 heavy (non-hydrogen) atoms. The number of rotatable bonds is 8. The minimum absolute atomic E-state index is 0. The molecule has 0 amide bonds. The molecule has 7 heteroatoms. The molecule has 0 aliphatic heterocycles. The van der Waals surface area contributed by atoms with Gasteiger partial charge < -0.3 is 5.32 Å². The Morgan fingerprint density at radius 3 is 2.81 bits per heavy atom. The number of hydrogen-bond donors (Lipinski definition) is 1. The van der Waals surface area contributed by atoms with Crippen LogP contribution in [-0.2, 0) is 26.2 Å². The van der Waals surface area contributed by atoms with Crippen LogP contribution in [0.25, 0.3) is 0 Å². The lowest BCUT2D eigenvalue weighted by Gasteiger charge is -2.10. The third-order valence-corrected chi connectivity index (χ3v) is 2.96. The maximum absolute atomic E-state index is 12.2. The van der Waals surface area contributed by atoms with Gasteiger partial charge in [-0.25, -0.2) is 4.39 Å². The Balaban J connectivity index is 0.00000220. The Morgan fingerprint density at radius 1 is 1.29 bits per heavy atom. The number of aromatic nitrogens is 4. The molecule has 0 unspecified atom stereocenters. The van der Waals surface area contributed by atoms with E-state index >= 15 is 0 Å². The van der Waals surface area contributed by atoms with Gasteiger partial charge in [-0.05, 0) is 18.1 Å². The molecule has 0 spiro atoms. The molecule has 118 valence electrons. The first kappa shape index (κ1) is 17.7. The van der Waals surface area contributed by atoms with E-state index in [-0.39, 0.29) is 19.1 Å². The lowest BCUT2D eigenvalue weighted by molar-refractivity contribution is 0.424. The van der Waals surface area contributed by atoms with Gasteiger partial charge in [-0.15, -0.1) is 12.4 Å². The van der Waals surface area contributed by atoms with Gasteiger partial charge in [0.15, 0.2) is 0 Å². The number of nitrogens with one attached hydrogen (secondary N) is 1. The Hall–Kier alpha value is -1.40. The number of hydrogen-bond acceptors (Lipinski definition) is 3. The average molecular weight is 316 g/mol. The van der Waals surface area contributed by atoms with Gasteiger partial charge in [0, 0.05) is 32.0 Å². The highest BCUT2D eigenvalue weighted by Crippen LogP contribution is 2.04. The van der Waals surface area contributed by atoms with Gasteiger partial charge in [-0.3, -0.25) is 9.36 Å². The Kier molecular flexibility index (Phi) is 7.39. The van der Waals surface area contributed by atoms with Crippen LogP contribution in [0.4, 0.5) is 4.39 Å². The first-order chi connectivity index (χ1) is 9.69. The summed E-state index contributed by atoms with van der Waals surface area (Å²) in [7, 11) is 0. The fourth-order valence-electron chi connectivity index (χ4n) is 2.05. The molecule has 5 nitrogen and oxygen atoms in total. The summed E-state index contributed by atoms with van der Waals surface area (Å²) in [5.74, 6) is 0.574. The Morgan fingerprint density at radius 2 is 2.10 bits per heavy atom. The molecular weight excluding hydrogens is 293 g/mol. The predicted octanol–water partition coefficient (Wildman–Crippen LogP) is 2.42. The quantitative estimate of drug-likeness (QED) is 0.814. The van der Waals surface area contributed by atoms with E-state index in [0.717, 1.165) is 18.8 Å². The van der Waals surface area contributed by atoms with Crippen molar-refractivity contribution in [3.63, 3.8) is 0 Å². The fraction of sp³-hybridized carbons (Fsp3) is 0.571. The van der Waals surface area contributed by atoms with Crippen molar-refractivity contribution >= 4 is 12.4 Å². The first-order valence-electron chi connectivity index (χ1n) is 6.98. The van der Waals surface area contributed by atoms with E-state index < -0.39 is 0 Å². The molecule has 1 N–H and O–H groups in total. The lowest BCUT2D eigenvalue weighted by atomic mass is 10.2. The van der Waals surface area contributed by atoms with Crippen molar-refractivity contribution in [3.05, 3.63) is 35.9 Å². The van der Waals surface area contributed by atoms with E-state index in [1.165, 1.54) is 5.69 Å². The molecule has 2 aromatic heterocycles. The summed E-state index contributed by atoms with van der Waals surface area (Å²) in [6, 6.07) is 3.94. The summed E-state index contributed by atoms with van der Waals surface area (Å²) in [5, 5.41) is 11.9. The van der Waals surface area contributed by atoms with Crippen molar-refractivity contribution in [1.82, 2.24) is 24.9 Å². The van der Waals surface area contributed by atoms with Crippen LogP contribution in [0.15, 0.2) is 24.5 Å². The molecule has 0 aliphatic rings. The summed E-state index contributed by atoms with van der Waals surface area (Å²) >= 11 is 0. The minimum atomic E-state index is -0.386. The van der Waals surface area contributed by atoms with E-state index in [0.29, 0.717) is 19.0 Å². The highest BCUT2D eigenvalue weighted by molar-refractivity contribution is 5.85. The van der Waals surface area contributed by atoms with E-state index in [9.17, 15) is 4.39 Å². The molecule has 2 rings (SSSR count). The zero-order chi connectivity index (χ0) is 14.4. The third kappa shape index (κ3) is 5.47. The van der Waals surface area contributed by atoms with Crippen LogP contribution in [0.1, 0.15) is 25.2 Å². The molecule has 0 fully saturated rings. The molecule has 0 atom stereocenters. The maximum Gasteiger partial charge on any atom is 0.109 e. The summed E-state index contributed by atoms with van der Waals surface area (Å²) in [4.78, 5) is 0. The molecule has 0 radical (unpaired) electrons. The first-order valence-corrected chi connectivity index (χ1v) is 6.98. The third-order valence-electron chi connectivity index (χ3n) is 2.96. The topological polar surface area (TPSA) is 47.7 Å². The zero-order valence-corrected chi connectivity index (χ0v) is 13.3. The second-order valence-electron chi connectivity index (χ2n) is 5.26. The molecule has 2 heterocycles. The van der Waals surface area contributed by atoms with Crippen molar-refractivity contribution in [2.24, 2.45) is 5.92 Å². The van der Waals surface area contributed by atoms with Crippen LogP contribution in [0.5, 0.6) is 0 Å². The van der Waals surface area contributed by atoms with Gasteiger partial charge in [-0.1, -0.05) is 13.8 Å². The highest BCUT2D eigenvalue weighted by Gasteiger charge is 2.05. The predicted molar refractivity (Wildman–Crippen MR) is 83.1 cm³/mol. The SMILES string of the molecule is CC(C)Cn1nccc1CNCc1ccn(CCF)n1.Cl. The summed E-state index contributed by atoms with van der Waals surface area (Å²) in [6.45, 7) is 6.64. The number of nitrogens with zero attached hydrogens (tertiary/aromatic N) is 4. The van der Waals surface area contributed by atoms with Crippen molar-refractivity contribution in [3.8, 4) is 0 Å². The van der Waals surface area contributed by atoms with Crippen LogP contribution < -0.4 is 5.32 Å². The van der Waals surface area contributed by atoms with Gasteiger partial charge in [0.05, 0.1) is 17.9 Å². The van der Waals surface area contributed by atoms with Crippen molar-refractivity contribution < 1.29 is 4.39 Å². The minimum Gasteiger partial charge on any atom is -0.305 e. The molecular formula is C14H23ClFN5. The summed E-state index contributed by atoms with van der Waals surface area (Å²) < 4.78 is 15.8. The van der Waals surface area contributed by atoms with Crippen molar-refractivity contribution in [2.75, 3.05) is 6.67 Å². The van der Waals surface area contributed by atoms with Crippen molar-refractivity contribution in [1.29, 1.82) is 0 Å². The molecule has 0 bridgehead atoms. The average Bonchev–Trinajstić information content (AvgIpc) is 3.00. The molecule has 0 saturated carbocycles. The zero-order valence-electron chi connectivity index (χ0n) is 12.5. The Labute approximate surface area is 130 Å². The van der Waals surface area contributed by atoms with Gasteiger partial charge >= 0.3 is 0 Å². The van der Waals surface area contributed by atoms with Crippen LogP contribution in [0.3, 0.4) is 0 Å². The normalized spacial score (nSPS) is 10.9. The molecule has 2 aromatic rings. The molecule has 0 aromatic carbocycles. The maximum atomic E-state index is 12.2. The number of halogens is 2. The summed E-state index contributed by atoms with van der Waals surface area (Å²) in [6.07, 6.45) is 3.63. The van der Waals surface area contributed by atoms with E-state index in [2.05, 4.69) is 29.4 Å². The smallest absolute Gasteiger partial charge is 0.109 e. The summed E-state index contributed by atoms with van der Waals surface area (Å²) in [5.41, 5.74) is 2.09. The van der Waals surface area contributed by atoms with E-state index in [4.69, 9.17) is 0 Å². The standard InChI is InChI=1S/C14H22FN5.ClH/c1-12(2)11-20-14(3-6-17-20)10-16-9-13-4-7-19(18-13)8-5-15;/h3-4,6-7,12,16H,5,8-11H2,1-2H3;1H. The Bertz CT molecular complexity index is 523. The largest absolute Gasteiger partial charge is 0.305 e. The van der Waals surface area contributed by atoms with E-state index in [1.807, 2.05) is 23.0 Å². The van der Waals surface area contributed by atoms with Crippen LogP contribution in [0.2, 0.25) is 0 Å². The highest BCUT2D eigenvalue weighted by atomic mass is 35.5. The second kappa shape index (κ2) is 8.79. The van der Waals surface area contributed by atoms with Crippen molar-refractivity contribution in [2.45, 2.75) is 40.0 Å². The van der Waals surface area contributed by atoms with Crippen LogP contribution in [0, 0.1) is 5.92 Å². The fourth-order valence-corrected chi connectivity index (χ4v) is 2.05. The number of aryl methyl sites for hydroxylation is 1. The second-order valence-corrected chi connectivity index (χ2v) is 5.26. The molecule has 0 saturated heterocycles. The number of alkyl halides is 1. The lowest BCUT2D eigenvalue weighted by Crippen LogP contribution is -2.18. The van der Waals surface area contributed by atoms with Crippen LogP contribution >= 0.6 is 12.4 Å². The van der Waals surface area contributed by atoms with Gasteiger partial charge in [0.25, 0.3) is 0 Å². The van der Waals surface area contributed by atoms with Crippen LogP contribution in [-0.4, -0.2) is 26.2 Å². The monoisotopic (exact) mass is 315 g/mol. The molecule has 0 aliphatic carbocycles.